The fourth-order valence-corrected chi connectivity index (χ4v) is 3.58. The highest BCUT2D eigenvalue weighted by Gasteiger charge is 2.23. The summed E-state index contributed by atoms with van der Waals surface area (Å²) in [4.78, 5) is 39.5. The smallest absolute Gasteiger partial charge is 0.328 e. The molecule has 0 radical (unpaired) electrons. The van der Waals surface area contributed by atoms with Crippen LogP contribution >= 0.6 is 15.9 Å². The van der Waals surface area contributed by atoms with Gasteiger partial charge in [-0.05, 0) is 58.8 Å². The number of halogens is 2. The average Bonchev–Trinajstić information content (AvgIpc) is 2.60. The largest absolute Gasteiger partial charge is 0.341 e. The van der Waals surface area contributed by atoms with Gasteiger partial charge in [0.05, 0.1) is 4.47 Å². The van der Waals surface area contributed by atoms with E-state index in [1.165, 1.54) is 16.8 Å². The van der Waals surface area contributed by atoms with E-state index >= 15 is 0 Å². The van der Waals surface area contributed by atoms with Gasteiger partial charge in [0.25, 0.3) is 5.56 Å². The standard InChI is InChI=1S/C18H19BrFN3O3/c19-15-10-23(18(26)21-17(15)25)11-16(24)22-6-4-12(5-7-22)8-13-2-1-3-14(20)9-13/h1-3,9-10,12H,4-8,11H2,(H,21,25,26). The fourth-order valence-electron chi connectivity index (χ4n) is 3.23. The van der Waals surface area contributed by atoms with E-state index in [-0.39, 0.29) is 22.7 Å². The third kappa shape index (κ3) is 4.49. The van der Waals surface area contributed by atoms with Gasteiger partial charge in [0.1, 0.15) is 12.4 Å². The van der Waals surface area contributed by atoms with Gasteiger partial charge in [-0.2, -0.15) is 0 Å². The number of carbonyl (C=O) groups is 1. The summed E-state index contributed by atoms with van der Waals surface area (Å²) in [6, 6.07) is 6.62. The first-order valence-corrected chi connectivity index (χ1v) is 9.23. The SMILES string of the molecule is O=C(Cn1cc(Br)c(=O)[nH]c1=O)N1CCC(Cc2cccc(F)c2)CC1. The number of nitrogens with one attached hydrogen (secondary N) is 1. The van der Waals surface area contributed by atoms with Crippen molar-refractivity contribution in [3.8, 4) is 0 Å². The van der Waals surface area contributed by atoms with Crippen molar-refractivity contribution in [1.29, 1.82) is 0 Å². The highest BCUT2D eigenvalue weighted by molar-refractivity contribution is 9.10. The molecule has 1 aliphatic heterocycles. The Morgan fingerprint density at radius 2 is 2.00 bits per heavy atom. The number of aromatic amines is 1. The molecule has 2 aromatic rings. The van der Waals surface area contributed by atoms with Crippen LogP contribution in [0, 0.1) is 11.7 Å². The van der Waals surface area contributed by atoms with Gasteiger partial charge in [-0.15, -0.1) is 0 Å². The zero-order chi connectivity index (χ0) is 18.7. The van der Waals surface area contributed by atoms with Gasteiger partial charge in [-0.3, -0.25) is 19.1 Å². The van der Waals surface area contributed by atoms with Gasteiger partial charge < -0.3 is 4.90 Å². The lowest BCUT2D eigenvalue weighted by molar-refractivity contribution is -0.133. The quantitative estimate of drug-likeness (QED) is 0.815. The van der Waals surface area contributed by atoms with Crippen LogP contribution in [0.15, 0.2) is 44.5 Å². The van der Waals surface area contributed by atoms with Crippen LogP contribution in [-0.4, -0.2) is 33.4 Å². The maximum absolute atomic E-state index is 13.3. The van der Waals surface area contributed by atoms with Crippen LogP contribution in [-0.2, 0) is 17.8 Å². The summed E-state index contributed by atoms with van der Waals surface area (Å²) >= 11 is 3.06. The number of aromatic nitrogens is 2. The molecule has 8 heteroatoms. The Bertz CT molecular complexity index is 916. The van der Waals surface area contributed by atoms with Crippen LogP contribution in [0.3, 0.4) is 0 Å². The van der Waals surface area contributed by atoms with Crippen molar-refractivity contribution in [3.05, 3.63) is 67.2 Å². The second-order valence-corrected chi connectivity index (χ2v) is 7.38. The van der Waals surface area contributed by atoms with Crippen molar-refractivity contribution < 1.29 is 9.18 Å². The van der Waals surface area contributed by atoms with Crippen LogP contribution in [0.25, 0.3) is 0 Å². The van der Waals surface area contributed by atoms with Crippen molar-refractivity contribution in [2.75, 3.05) is 13.1 Å². The number of amides is 1. The van der Waals surface area contributed by atoms with E-state index in [1.54, 1.807) is 17.0 Å². The second-order valence-electron chi connectivity index (χ2n) is 6.52. The lowest BCUT2D eigenvalue weighted by Crippen LogP contribution is -2.42. The summed E-state index contributed by atoms with van der Waals surface area (Å²) in [5.41, 5.74) is -0.149. The molecule has 0 atom stereocenters. The molecule has 3 rings (SSSR count). The highest BCUT2D eigenvalue weighted by Crippen LogP contribution is 2.22. The topological polar surface area (TPSA) is 75.2 Å². The summed E-state index contributed by atoms with van der Waals surface area (Å²) < 4.78 is 14.7. The number of rotatable bonds is 4. The van der Waals surface area contributed by atoms with Gasteiger partial charge in [-0.25, -0.2) is 9.18 Å². The first-order chi connectivity index (χ1) is 12.4. The van der Waals surface area contributed by atoms with Gasteiger partial charge in [-0.1, -0.05) is 12.1 Å². The molecule has 1 amide bonds. The number of hydrogen-bond donors (Lipinski definition) is 1. The lowest BCUT2D eigenvalue weighted by Gasteiger charge is -2.32. The van der Waals surface area contributed by atoms with E-state index in [9.17, 15) is 18.8 Å². The molecule has 1 saturated heterocycles. The van der Waals surface area contributed by atoms with E-state index < -0.39 is 11.2 Å². The zero-order valence-corrected chi connectivity index (χ0v) is 15.7. The summed E-state index contributed by atoms with van der Waals surface area (Å²) in [6.45, 7) is 1.11. The predicted octanol–water partition coefficient (Wildman–Crippen LogP) is 1.92. The van der Waals surface area contributed by atoms with Gasteiger partial charge >= 0.3 is 5.69 Å². The summed E-state index contributed by atoms with van der Waals surface area (Å²) in [5, 5.41) is 0. The third-order valence-corrected chi connectivity index (χ3v) is 5.22. The number of hydrogen-bond acceptors (Lipinski definition) is 3. The van der Waals surface area contributed by atoms with E-state index in [0.29, 0.717) is 19.0 Å². The number of carbonyl (C=O) groups excluding carboxylic acids is 1. The minimum absolute atomic E-state index is 0.108. The second kappa shape index (κ2) is 7.99. The molecule has 1 aromatic heterocycles. The van der Waals surface area contributed by atoms with Crippen molar-refractivity contribution in [3.63, 3.8) is 0 Å². The molecule has 0 saturated carbocycles. The van der Waals surface area contributed by atoms with Crippen LogP contribution in [0.1, 0.15) is 18.4 Å². The Hall–Kier alpha value is -2.22. The van der Waals surface area contributed by atoms with Crippen molar-refractivity contribution >= 4 is 21.8 Å². The van der Waals surface area contributed by atoms with E-state index in [0.717, 1.165) is 24.8 Å². The third-order valence-electron chi connectivity index (χ3n) is 4.65. The van der Waals surface area contributed by atoms with E-state index in [1.807, 2.05) is 6.07 Å². The molecule has 0 unspecified atom stereocenters. The van der Waals surface area contributed by atoms with Crippen LogP contribution in [0.5, 0.6) is 0 Å². The maximum Gasteiger partial charge on any atom is 0.328 e. The van der Waals surface area contributed by atoms with Crippen LogP contribution < -0.4 is 11.2 Å². The highest BCUT2D eigenvalue weighted by atomic mass is 79.9. The van der Waals surface area contributed by atoms with Gasteiger partial charge in [0.15, 0.2) is 0 Å². The number of piperidine rings is 1. The maximum atomic E-state index is 13.3. The Morgan fingerprint density at radius 3 is 2.69 bits per heavy atom. The summed E-state index contributed by atoms with van der Waals surface area (Å²) in [5.74, 6) is 0.0219. The molecule has 1 N–H and O–H groups in total. The fraction of sp³-hybridized carbons (Fsp3) is 0.389. The number of likely N-dealkylation sites (tertiary alicyclic amines) is 1. The van der Waals surface area contributed by atoms with Crippen LogP contribution in [0.4, 0.5) is 4.39 Å². The molecule has 1 fully saturated rings. The molecule has 6 nitrogen and oxygen atoms in total. The summed E-state index contributed by atoms with van der Waals surface area (Å²) in [6.07, 6.45) is 3.81. The zero-order valence-electron chi connectivity index (χ0n) is 14.1. The van der Waals surface area contributed by atoms with Crippen molar-refractivity contribution in [2.24, 2.45) is 5.92 Å². The van der Waals surface area contributed by atoms with E-state index in [2.05, 4.69) is 20.9 Å². The van der Waals surface area contributed by atoms with E-state index in [4.69, 9.17) is 0 Å². The van der Waals surface area contributed by atoms with Crippen LogP contribution in [0.2, 0.25) is 0 Å². The monoisotopic (exact) mass is 423 g/mol. The average molecular weight is 424 g/mol. The molecule has 138 valence electrons. The molecular formula is C18H19BrFN3O3. The molecule has 0 bridgehead atoms. The first kappa shape index (κ1) is 18.6. The Morgan fingerprint density at radius 1 is 1.27 bits per heavy atom. The molecule has 1 aromatic carbocycles. The van der Waals surface area contributed by atoms with Gasteiger partial charge in [0.2, 0.25) is 5.91 Å². The lowest BCUT2D eigenvalue weighted by atomic mass is 9.90. The van der Waals surface area contributed by atoms with Crippen molar-refractivity contribution in [1.82, 2.24) is 14.5 Å². The Kier molecular flexibility index (Phi) is 5.70. The normalized spacial score (nSPS) is 15.2. The molecule has 1 aliphatic rings. The molecular weight excluding hydrogens is 405 g/mol. The number of H-pyrrole nitrogens is 1. The predicted molar refractivity (Wildman–Crippen MR) is 98.4 cm³/mol. The first-order valence-electron chi connectivity index (χ1n) is 8.44. The number of benzene rings is 1. The number of nitrogens with zero attached hydrogens (tertiary/aromatic N) is 2. The molecule has 0 aliphatic carbocycles. The molecule has 26 heavy (non-hydrogen) atoms. The Balaban J connectivity index is 1.56. The Labute approximate surface area is 157 Å². The molecule has 2 heterocycles. The molecule has 0 spiro atoms. The minimum atomic E-state index is -0.604. The minimum Gasteiger partial charge on any atom is -0.341 e. The summed E-state index contributed by atoms with van der Waals surface area (Å²) in [7, 11) is 0. The van der Waals surface area contributed by atoms with Gasteiger partial charge in [0, 0.05) is 19.3 Å². The van der Waals surface area contributed by atoms with Crippen molar-refractivity contribution in [2.45, 2.75) is 25.8 Å².